The van der Waals surface area contributed by atoms with Gasteiger partial charge in [0.05, 0.1) is 11.4 Å². The first-order valence-corrected chi connectivity index (χ1v) is 4.86. The highest BCUT2D eigenvalue weighted by Gasteiger charge is 2.02. The van der Waals surface area contributed by atoms with Crippen molar-refractivity contribution in [2.45, 2.75) is 13.3 Å². The zero-order valence-corrected chi connectivity index (χ0v) is 7.69. The number of aryl methyl sites for hydroxylation is 1. The molecular formula is C9H10N2S. The van der Waals surface area contributed by atoms with Gasteiger partial charge in [0.2, 0.25) is 0 Å². The van der Waals surface area contributed by atoms with Crippen LogP contribution < -0.4 is 0 Å². The van der Waals surface area contributed by atoms with Crippen LogP contribution in [0.5, 0.6) is 0 Å². The largest absolute Gasteiger partial charge is 0.359 e. The lowest BCUT2D eigenvalue weighted by molar-refractivity contribution is 1.06. The van der Waals surface area contributed by atoms with Gasteiger partial charge in [-0.2, -0.15) is 0 Å². The lowest BCUT2D eigenvalue weighted by atomic mass is 10.4. The summed E-state index contributed by atoms with van der Waals surface area (Å²) in [5.74, 6) is 0. The van der Waals surface area contributed by atoms with Crippen molar-refractivity contribution in [2.24, 2.45) is 0 Å². The Bertz CT molecular complexity index is 348. The summed E-state index contributed by atoms with van der Waals surface area (Å²) in [5, 5.41) is 3.19. The average Bonchev–Trinajstić information content (AvgIpc) is 2.75. The van der Waals surface area contributed by atoms with Gasteiger partial charge in [0.15, 0.2) is 0 Å². The smallest absolute Gasteiger partial charge is 0.139 e. The fourth-order valence-corrected chi connectivity index (χ4v) is 1.95. The first kappa shape index (κ1) is 7.55. The van der Waals surface area contributed by atoms with E-state index in [9.17, 15) is 0 Å². The summed E-state index contributed by atoms with van der Waals surface area (Å²) in [6, 6.07) is 4.03. The Kier molecular flexibility index (Phi) is 1.96. The first-order chi connectivity index (χ1) is 5.90. The summed E-state index contributed by atoms with van der Waals surface area (Å²) in [6.07, 6.45) is 2.93. The molecule has 0 aliphatic rings. The minimum atomic E-state index is 1.01. The number of thiazole rings is 1. The van der Waals surface area contributed by atoms with Crippen LogP contribution in [-0.2, 0) is 6.42 Å². The topological polar surface area (TPSA) is 28.7 Å². The van der Waals surface area contributed by atoms with E-state index in [0.717, 1.165) is 17.1 Å². The highest BCUT2D eigenvalue weighted by Crippen LogP contribution is 2.21. The summed E-state index contributed by atoms with van der Waals surface area (Å²) in [4.78, 5) is 7.60. The standard InChI is InChI=1S/C9H10N2S/c1-2-7-6-12-9(11-7)8-4-3-5-10-8/h3-6,10H,2H2,1H3. The summed E-state index contributed by atoms with van der Waals surface area (Å²) in [7, 11) is 0. The maximum absolute atomic E-state index is 4.46. The van der Waals surface area contributed by atoms with Crippen LogP contribution in [0.15, 0.2) is 23.7 Å². The van der Waals surface area contributed by atoms with Crippen LogP contribution in [-0.4, -0.2) is 9.97 Å². The molecule has 0 saturated carbocycles. The molecule has 0 atom stereocenters. The van der Waals surface area contributed by atoms with Crippen LogP contribution in [0.4, 0.5) is 0 Å². The van der Waals surface area contributed by atoms with Crippen LogP contribution >= 0.6 is 11.3 Å². The second-order valence-electron chi connectivity index (χ2n) is 2.58. The van der Waals surface area contributed by atoms with Crippen LogP contribution in [0.25, 0.3) is 10.7 Å². The Labute approximate surface area is 75.3 Å². The molecule has 0 aromatic carbocycles. The summed E-state index contributed by atoms with van der Waals surface area (Å²) in [6.45, 7) is 2.12. The number of nitrogens with zero attached hydrogens (tertiary/aromatic N) is 1. The SMILES string of the molecule is CCc1csc(-c2ccc[nH]2)n1. The summed E-state index contributed by atoms with van der Waals surface area (Å²) < 4.78 is 0. The van der Waals surface area contributed by atoms with Gasteiger partial charge in [-0.05, 0) is 18.6 Å². The molecule has 0 saturated heterocycles. The predicted octanol–water partition coefficient (Wildman–Crippen LogP) is 2.70. The van der Waals surface area contributed by atoms with E-state index in [1.807, 2.05) is 18.3 Å². The van der Waals surface area contributed by atoms with Gasteiger partial charge in [-0.3, -0.25) is 0 Å². The molecule has 0 aliphatic heterocycles. The summed E-state index contributed by atoms with van der Waals surface area (Å²) in [5.41, 5.74) is 2.28. The van der Waals surface area contributed by atoms with Crippen molar-refractivity contribution in [3.8, 4) is 10.7 Å². The second-order valence-corrected chi connectivity index (χ2v) is 3.44. The van der Waals surface area contributed by atoms with E-state index in [4.69, 9.17) is 0 Å². The van der Waals surface area contributed by atoms with Crippen molar-refractivity contribution >= 4 is 11.3 Å². The molecule has 2 aromatic rings. The Balaban J connectivity index is 2.35. The van der Waals surface area contributed by atoms with Gasteiger partial charge in [-0.15, -0.1) is 11.3 Å². The van der Waals surface area contributed by atoms with Crippen molar-refractivity contribution < 1.29 is 0 Å². The van der Waals surface area contributed by atoms with Crippen molar-refractivity contribution in [3.63, 3.8) is 0 Å². The lowest BCUT2D eigenvalue weighted by Gasteiger charge is -1.87. The molecule has 2 heterocycles. The summed E-state index contributed by atoms with van der Waals surface area (Å²) >= 11 is 1.69. The Morgan fingerprint density at radius 2 is 2.50 bits per heavy atom. The van der Waals surface area contributed by atoms with Crippen molar-refractivity contribution in [2.75, 3.05) is 0 Å². The number of hydrogen-bond donors (Lipinski definition) is 1. The lowest BCUT2D eigenvalue weighted by Crippen LogP contribution is -1.79. The zero-order valence-electron chi connectivity index (χ0n) is 6.87. The molecule has 0 aliphatic carbocycles. The molecule has 3 heteroatoms. The Hall–Kier alpha value is -1.09. The minimum absolute atomic E-state index is 1.01. The first-order valence-electron chi connectivity index (χ1n) is 3.98. The molecule has 0 unspecified atom stereocenters. The molecule has 0 amide bonds. The highest BCUT2D eigenvalue weighted by atomic mass is 32.1. The van der Waals surface area contributed by atoms with Gasteiger partial charge < -0.3 is 4.98 Å². The molecule has 0 spiro atoms. The van der Waals surface area contributed by atoms with Crippen LogP contribution in [0.2, 0.25) is 0 Å². The molecule has 1 N–H and O–H groups in total. The molecule has 0 radical (unpaired) electrons. The second kappa shape index (κ2) is 3.11. The number of rotatable bonds is 2. The fourth-order valence-electron chi connectivity index (χ4n) is 1.06. The van der Waals surface area contributed by atoms with Gasteiger partial charge in [-0.1, -0.05) is 6.92 Å². The number of aromatic amines is 1. The fraction of sp³-hybridized carbons (Fsp3) is 0.222. The number of hydrogen-bond acceptors (Lipinski definition) is 2. The van der Waals surface area contributed by atoms with Crippen molar-refractivity contribution in [1.82, 2.24) is 9.97 Å². The molecule has 2 aromatic heterocycles. The molecule has 2 rings (SSSR count). The van der Waals surface area contributed by atoms with Crippen molar-refractivity contribution in [1.29, 1.82) is 0 Å². The molecule has 0 fully saturated rings. The number of nitrogens with one attached hydrogen (secondary N) is 1. The van der Waals surface area contributed by atoms with E-state index in [-0.39, 0.29) is 0 Å². The van der Waals surface area contributed by atoms with Gasteiger partial charge in [0, 0.05) is 11.6 Å². The molecule has 12 heavy (non-hydrogen) atoms. The van der Waals surface area contributed by atoms with Crippen LogP contribution in [0, 0.1) is 0 Å². The quantitative estimate of drug-likeness (QED) is 0.752. The normalized spacial score (nSPS) is 10.4. The molecule has 0 bridgehead atoms. The Morgan fingerprint density at radius 3 is 3.08 bits per heavy atom. The zero-order chi connectivity index (χ0) is 8.39. The van der Waals surface area contributed by atoms with E-state index in [0.29, 0.717) is 0 Å². The molecular weight excluding hydrogens is 168 g/mol. The van der Waals surface area contributed by atoms with Gasteiger partial charge in [0.25, 0.3) is 0 Å². The van der Waals surface area contributed by atoms with E-state index in [1.54, 1.807) is 11.3 Å². The number of aromatic nitrogens is 2. The average molecular weight is 178 g/mol. The maximum Gasteiger partial charge on any atom is 0.139 e. The van der Waals surface area contributed by atoms with Crippen molar-refractivity contribution in [3.05, 3.63) is 29.4 Å². The molecule has 2 nitrogen and oxygen atoms in total. The maximum atomic E-state index is 4.46. The van der Waals surface area contributed by atoms with Crippen LogP contribution in [0.1, 0.15) is 12.6 Å². The third kappa shape index (κ3) is 1.28. The number of H-pyrrole nitrogens is 1. The van der Waals surface area contributed by atoms with E-state index < -0.39 is 0 Å². The van der Waals surface area contributed by atoms with Gasteiger partial charge >= 0.3 is 0 Å². The highest BCUT2D eigenvalue weighted by molar-refractivity contribution is 7.13. The van der Waals surface area contributed by atoms with Gasteiger partial charge in [0.1, 0.15) is 5.01 Å². The van der Waals surface area contributed by atoms with Crippen LogP contribution in [0.3, 0.4) is 0 Å². The third-order valence-corrected chi connectivity index (χ3v) is 2.67. The van der Waals surface area contributed by atoms with E-state index in [2.05, 4.69) is 22.3 Å². The Morgan fingerprint density at radius 1 is 1.58 bits per heavy atom. The monoisotopic (exact) mass is 178 g/mol. The van der Waals surface area contributed by atoms with E-state index in [1.165, 1.54) is 5.69 Å². The van der Waals surface area contributed by atoms with Gasteiger partial charge in [-0.25, -0.2) is 4.98 Å². The third-order valence-electron chi connectivity index (χ3n) is 1.74. The minimum Gasteiger partial charge on any atom is -0.359 e. The predicted molar refractivity (Wildman–Crippen MR) is 51.3 cm³/mol. The molecule has 62 valence electrons. The van der Waals surface area contributed by atoms with E-state index >= 15 is 0 Å².